The SMILES string of the molecule is COc1cc([N+](=O)[O-])ccc1-c1nnc(CO)n1C1CC1. The van der Waals surface area contributed by atoms with Crippen molar-refractivity contribution in [3.63, 3.8) is 0 Å². The second-order valence-corrected chi connectivity index (χ2v) is 4.84. The first-order chi connectivity index (χ1) is 10.2. The minimum atomic E-state index is -0.475. The Balaban J connectivity index is 2.12. The van der Waals surface area contributed by atoms with E-state index in [1.807, 2.05) is 4.57 Å². The zero-order chi connectivity index (χ0) is 15.0. The molecule has 1 saturated carbocycles. The van der Waals surface area contributed by atoms with E-state index in [4.69, 9.17) is 4.74 Å². The van der Waals surface area contributed by atoms with Gasteiger partial charge in [-0.25, -0.2) is 0 Å². The van der Waals surface area contributed by atoms with Crippen LogP contribution in [-0.4, -0.2) is 31.9 Å². The molecule has 1 aliphatic rings. The topological polar surface area (TPSA) is 103 Å². The van der Waals surface area contributed by atoms with Crippen LogP contribution in [0.15, 0.2) is 18.2 Å². The Hall–Kier alpha value is -2.48. The van der Waals surface area contributed by atoms with E-state index in [-0.39, 0.29) is 18.3 Å². The predicted octanol–water partition coefficient (Wildman–Crippen LogP) is 1.69. The van der Waals surface area contributed by atoms with Crippen molar-refractivity contribution < 1.29 is 14.8 Å². The van der Waals surface area contributed by atoms with E-state index >= 15 is 0 Å². The van der Waals surface area contributed by atoms with Gasteiger partial charge in [0.25, 0.3) is 5.69 Å². The molecule has 21 heavy (non-hydrogen) atoms. The van der Waals surface area contributed by atoms with Gasteiger partial charge in [-0.15, -0.1) is 10.2 Å². The van der Waals surface area contributed by atoms with Crippen LogP contribution >= 0.6 is 0 Å². The number of benzene rings is 1. The van der Waals surface area contributed by atoms with E-state index in [1.165, 1.54) is 19.2 Å². The second kappa shape index (κ2) is 5.13. The Morgan fingerprint density at radius 2 is 2.24 bits per heavy atom. The van der Waals surface area contributed by atoms with Crippen molar-refractivity contribution in [3.8, 4) is 17.1 Å². The summed E-state index contributed by atoms with van der Waals surface area (Å²) >= 11 is 0. The lowest BCUT2D eigenvalue weighted by Crippen LogP contribution is -2.04. The van der Waals surface area contributed by atoms with Crippen LogP contribution in [0.5, 0.6) is 5.75 Å². The molecular formula is C13H14N4O4. The molecule has 1 aromatic heterocycles. The number of nitro benzene ring substituents is 1. The molecular weight excluding hydrogens is 276 g/mol. The third kappa shape index (κ3) is 2.33. The smallest absolute Gasteiger partial charge is 0.273 e. The molecule has 1 heterocycles. The molecule has 1 fully saturated rings. The highest BCUT2D eigenvalue weighted by Gasteiger charge is 2.30. The maximum atomic E-state index is 10.8. The van der Waals surface area contributed by atoms with Gasteiger partial charge in [-0.3, -0.25) is 10.1 Å². The number of aromatic nitrogens is 3. The summed E-state index contributed by atoms with van der Waals surface area (Å²) in [7, 11) is 1.45. The Labute approximate surface area is 120 Å². The van der Waals surface area contributed by atoms with Gasteiger partial charge in [-0.05, 0) is 18.9 Å². The minimum absolute atomic E-state index is 0.0459. The van der Waals surface area contributed by atoms with Crippen LogP contribution in [0.25, 0.3) is 11.4 Å². The summed E-state index contributed by atoms with van der Waals surface area (Å²) in [4.78, 5) is 10.4. The van der Waals surface area contributed by atoms with Crippen molar-refractivity contribution in [3.05, 3.63) is 34.1 Å². The summed E-state index contributed by atoms with van der Waals surface area (Å²) in [6.45, 7) is -0.196. The molecule has 0 aliphatic heterocycles. The van der Waals surface area contributed by atoms with Crippen LogP contribution in [-0.2, 0) is 6.61 Å². The number of aliphatic hydroxyl groups excluding tert-OH is 1. The van der Waals surface area contributed by atoms with Crippen molar-refractivity contribution >= 4 is 5.69 Å². The van der Waals surface area contributed by atoms with Gasteiger partial charge < -0.3 is 14.4 Å². The Bertz CT molecular complexity index is 693. The minimum Gasteiger partial charge on any atom is -0.496 e. The molecule has 0 bridgehead atoms. The van der Waals surface area contributed by atoms with Gasteiger partial charge in [0, 0.05) is 12.1 Å². The van der Waals surface area contributed by atoms with Crippen molar-refractivity contribution in [2.45, 2.75) is 25.5 Å². The summed E-state index contributed by atoms with van der Waals surface area (Å²) < 4.78 is 7.12. The Morgan fingerprint density at radius 3 is 2.81 bits per heavy atom. The number of non-ortho nitro benzene ring substituents is 1. The number of nitrogens with zero attached hydrogens (tertiary/aromatic N) is 4. The molecule has 0 amide bonds. The van der Waals surface area contributed by atoms with Crippen LogP contribution in [0.1, 0.15) is 24.7 Å². The first-order valence-electron chi connectivity index (χ1n) is 6.53. The van der Waals surface area contributed by atoms with Crippen LogP contribution < -0.4 is 4.74 Å². The normalized spacial score (nSPS) is 14.2. The number of nitro groups is 1. The molecule has 0 atom stereocenters. The maximum absolute atomic E-state index is 10.8. The van der Waals surface area contributed by atoms with Gasteiger partial charge in [-0.2, -0.15) is 0 Å². The van der Waals surface area contributed by atoms with Gasteiger partial charge in [0.15, 0.2) is 11.6 Å². The van der Waals surface area contributed by atoms with Gasteiger partial charge in [0.2, 0.25) is 0 Å². The van der Waals surface area contributed by atoms with Crippen LogP contribution in [0.4, 0.5) is 5.69 Å². The molecule has 110 valence electrons. The van der Waals surface area contributed by atoms with Crippen LogP contribution in [0.2, 0.25) is 0 Å². The number of hydrogen-bond acceptors (Lipinski definition) is 6. The number of aliphatic hydroxyl groups is 1. The highest BCUT2D eigenvalue weighted by molar-refractivity contribution is 5.67. The van der Waals surface area contributed by atoms with E-state index in [2.05, 4.69) is 10.2 Å². The largest absolute Gasteiger partial charge is 0.496 e. The molecule has 2 aromatic rings. The molecule has 1 aromatic carbocycles. The Morgan fingerprint density at radius 1 is 1.48 bits per heavy atom. The van der Waals surface area contributed by atoms with Gasteiger partial charge >= 0.3 is 0 Å². The van der Waals surface area contributed by atoms with E-state index in [9.17, 15) is 15.2 Å². The lowest BCUT2D eigenvalue weighted by molar-refractivity contribution is -0.384. The summed E-state index contributed by atoms with van der Waals surface area (Å²) in [6.07, 6.45) is 2.01. The summed E-state index contributed by atoms with van der Waals surface area (Å²) in [5, 5.41) is 28.3. The van der Waals surface area contributed by atoms with Gasteiger partial charge in [0.05, 0.1) is 23.7 Å². The van der Waals surface area contributed by atoms with Gasteiger partial charge in [-0.1, -0.05) is 0 Å². The predicted molar refractivity (Wildman–Crippen MR) is 72.9 cm³/mol. The molecule has 1 N–H and O–H groups in total. The Kier molecular flexibility index (Phi) is 3.30. The number of ether oxygens (including phenoxy) is 1. The van der Waals surface area contributed by atoms with Crippen molar-refractivity contribution in [1.29, 1.82) is 0 Å². The van der Waals surface area contributed by atoms with Crippen LogP contribution in [0.3, 0.4) is 0 Å². The van der Waals surface area contributed by atoms with E-state index in [0.29, 0.717) is 23.0 Å². The molecule has 0 unspecified atom stereocenters. The monoisotopic (exact) mass is 290 g/mol. The zero-order valence-corrected chi connectivity index (χ0v) is 11.4. The number of hydrogen-bond donors (Lipinski definition) is 1. The molecule has 0 saturated heterocycles. The fraction of sp³-hybridized carbons (Fsp3) is 0.385. The van der Waals surface area contributed by atoms with Crippen molar-refractivity contribution in [2.24, 2.45) is 0 Å². The van der Waals surface area contributed by atoms with E-state index < -0.39 is 4.92 Å². The second-order valence-electron chi connectivity index (χ2n) is 4.84. The maximum Gasteiger partial charge on any atom is 0.273 e. The van der Waals surface area contributed by atoms with Crippen molar-refractivity contribution in [1.82, 2.24) is 14.8 Å². The summed E-state index contributed by atoms with van der Waals surface area (Å²) in [5.41, 5.74) is 0.581. The highest BCUT2D eigenvalue weighted by atomic mass is 16.6. The highest BCUT2D eigenvalue weighted by Crippen LogP contribution is 2.41. The lowest BCUT2D eigenvalue weighted by atomic mass is 10.1. The standard InChI is InChI=1S/C13H14N4O4/c1-21-11-6-9(17(19)20)4-5-10(11)13-15-14-12(7-18)16(13)8-2-3-8/h4-6,8,18H,2-3,7H2,1H3. The lowest BCUT2D eigenvalue weighted by Gasteiger charge is -2.10. The number of rotatable bonds is 5. The average molecular weight is 290 g/mol. The molecule has 0 radical (unpaired) electrons. The fourth-order valence-electron chi connectivity index (χ4n) is 2.31. The third-order valence-electron chi connectivity index (χ3n) is 3.46. The van der Waals surface area contributed by atoms with Crippen LogP contribution in [0, 0.1) is 10.1 Å². The quantitative estimate of drug-likeness (QED) is 0.664. The molecule has 8 heteroatoms. The summed E-state index contributed by atoms with van der Waals surface area (Å²) in [5.74, 6) is 1.42. The first kappa shape index (κ1) is 13.5. The van der Waals surface area contributed by atoms with Crippen molar-refractivity contribution in [2.75, 3.05) is 7.11 Å². The third-order valence-corrected chi connectivity index (χ3v) is 3.46. The molecule has 0 spiro atoms. The molecule has 3 rings (SSSR count). The average Bonchev–Trinajstić information content (AvgIpc) is 3.25. The summed E-state index contributed by atoms with van der Waals surface area (Å²) in [6, 6.07) is 4.64. The van der Waals surface area contributed by atoms with E-state index in [0.717, 1.165) is 12.8 Å². The number of methoxy groups -OCH3 is 1. The first-order valence-corrected chi connectivity index (χ1v) is 6.53. The molecule has 8 nitrogen and oxygen atoms in total. The zero-order valence-electron chi connectivity index (χ0n) is 11.4. The van der Waals surface area contributed by atoms with E-state index in [1.54, 1.807) is 6.07 Å². The molecule has 1 aliphatic carbocycles. The fourth-order valence-corrected chi connectivity index (χ4v) is 2.31. The van der Waals surface area contributed by atoms with Gasteiger partial charge in [0.1, 0.15) is 12.4 Å².